The van der Waals surface area contributed by atoms with E-state index in [1.165, 1.54) is 4.90 Å². The van der Waals surface area contributed by atoms with Gasteiger partial charge in [-0.05, 0) is 54.7 Å². The minimum atomic E-state index is -0.322. The number of ether oxygens (including phenoxy) is 2. The number of nitrogens with zero attached hydrogens (tertiary/aromatic N) is 1. The second-order valence-corrected chi connectivity index (χ2v) is 8.08. The Morgan fingerprint density at radius 1 is 1.03 bits per heavy atom. The third kappa shape index (κ3) is 5.52. The van der Waals surface area contributed by atoms with Crippen molar-refractivity contribution < 1.29 is 19.1 Å². The van der Waals surface area contributed by atoms with E-state index in [9.17, 15) is 9.59 Å². The lowest BCUT2D eigenvalue weighted by atomic mass is 10.0. The van der Waals surface area contributed by atoms with E-state index in [-0.39, 0.29) is 11.8 Å². The van der Waals surface area contributed by atoms with E-state index in [0.717, 1.165) is 17.0 Å². The summed E-state index contributed by atoms with van der Waals surface area (Å²) in [5, 5.41) is 3.19. The molecule has 6 heteroatoms. The van der Waals surface area contributed by atoms with E-state index in [4.69, 9.17) is 9.47 Å². The van der Waals surface area contributed by atoms with Gasteiger partial charge in [0.15, 0.2) is 0 Å². The number of carbonyl (C=O) groups is 2. The van der Waals surface area contributed by atoms with Gasteiger partial charge >= 0.3 is 0 Å². The fourth-order valence-electron chi connectivity index (χ4n) is 3.38. The van der Waals surface area contributed by atoms with Crippen LogP contribution in [-0.4, -0.2) is 43.6 Å². The van der Waals surface area contributed by atoms with Gasteiger partial charge in [-0.1, -0.05) is 38.1 Å². The minimum absolute atomic E-state index is 0.295. The molecule has 1 heterocycles. The lowest BCUT2D eigenvalue weighted by Crippen LogP contribution is -2.33. The molecular formula is C25H30N2O4. The summed E-state index contributed by atoms with van der Waals surface area (Å²) in [6.45, 7) is 7.56. The lowest BCUT2D eigenvalue weighted by Gasteiger charge is -2.15. The van der Waals surface area contributed by atoms with Crippen LogP contribution in [0.1, 0.15) is 31.4 Å². The lowest BCUT2D eigenvalue weighted by molar-refractivity contribution is -0.136. The number of rotatable bonds is 10. The number of anilines is 1. The molecule has 0 spiro atoms. The topological polar surface area (TPSA) is 67.9 Å². The number of hydrogen-bond acceptors (Lipinski definition) is 5. The van der Waals surface area contributed by atoms with Gasteiger partial charge in [0, 0.05) is 25.9 Å². The molecule has 164 valence electrons. The summed E-state index contributed by atoms with van der Waals surface area (Å²) in [5.41, 5.74) is 3.18. The summed E-state index contributed by atoms with van der Waals surface area (Å²) in [6.07, 6.45) is 0.584. The minimum Gasteiger partial charge on any atom is -0.493 e. The molecule has 1 aliphatic rings. The molecule has 0 saturated carbocycles. The molecule has 0 fully saturated rings. The van der Waals surface area contributed by atoms with Gasteiger partial charge in [0.25, 0.3) is 11.8 Å². The molecule has 2 amide bonds. The summed E-state index contributed by atoms with van der Waals surface area (Å²) in [5.74, 6) is 0.534. The fourth-order valence-corrected chi connectivity index (χ4v) is 3.38. The van der Waals surface area contributed by atoms with Crippen LogP contribution in [0, 0.1) is 12.8 Å². The summed E-state index contributed by atoms with van der Waals surface area (Å²) < 4.78 is 10.8. The van der Waals surface area contributed by atoms with Crippen molar-refractivity contribution in [1.29, 1.82) is 0 Å². The zero-order chi connectivity index (χ0) is 22.4. The SMILES string of the molecule is COCCCN1C(=O)C(Nc2cccc(C)c2)=C(c2ccc(OCC(C)C)cc2)C1=O. The van der Waals surface area contributed by atoms with E-state index >= 15 is 0 Å². The zero-order valence-electron chi connectivity index (χ0n) is 18.6. The summed E-state index contributed by atoms with van der Waals surface area (Å²) in [7, 11) is 1.60. The second kappa shape index (κ2) is 10.3. The highest BCUT2D eigenvalue weighted by atomic mass is 16.5. The molecule has 0 bridgehead atoms. The van der Waals surface area contributed by atoms with E-state index in [2.05, 4.69) is 19.2 Å². The van der Waals surface area contributed by atoms with Gasteiger partial charge in [-0.25, -0.2) is 0 Å². The molecule has 6 nitrogen and oxygen atoms in total. The largest absolute Gasteiger partial charge is 0.493 e. The molecule has 0 atom stereocenters. The predicted octanol–water partition coefficient (Wildman–Crippen LogP) is 4.26. The predicted molar refractivity (Wildman–Crippen MR) is 122 cm³/mol. The quantitative estimate of drug-likeness (QED) is 0.458. The number of amides is 2. The molecule has 2 aromatic carbocycles. The van der Waals surface area contributed by atoms with Crippen LogP contribution in [0.3, 0.4) is 0 Å². The van der Waals surface area contributed by atoms with E-state index < -0.39 is 0 Å². The Morgan fingerprint density at radius 2 is 1.77 bits per heavy atom. The van der Waals surface area contributed by atoms with Gasteiger partial charge in [-0.3, -0.25) is 14.5 Å². The fraction of sp³-hybridized carbons (Fsp3) is 0.360. The second-order valence-electron chi connectivity index (χ2n) is 8.08. The van der Waals surface area contributed by atoms with Gasteiger partial charge in [0.05, 0.1) is 12.2 Å². The summed E-state index contributed by atoms with van der Waals surface area (Å²) in [4.78, 5) is 27.6. The highest BCUT2D eigenvalue weighted by molar-refractivity contribution is 6.36. The van der Waals surface area contributed by atoms with Crippen LogP contribution in [0.2, 0.25) is 0 Å². The Morgan fingerprint density at radius 3 is 2.42 bits per heavy atom. The smallest absolute Gasteiger partial charge is 0.278 e. The molecular weight excluding hydrogens is 392 g/mol. The van der Waals surface area contributed by atoms with Crippen LogP contribution in [0.15, 0.2) is 54.2 Å². The maximum absolute atomic E-state index is 13.2. The molecule has 31 heavy (non-hydrogen) atoms. The highest BCUT2D eigenvalue weighted by Gasteiger charge is 2.38. The summed E-state index contributed by atoms with van der Waals surface area (Å²) >= 11 is 0. The number of nitrogens with one attached hydrogen (secondary N) is 1. The molecule has 2 aromatic rings. The Labute approximate surface area is 183 Å². The highest BCUT2D eigenvalue weighted by Crippen LogP contribution is 2.31. The third-order valence-corrected chi connectivity index (χ3v) is 4.91. The molecule has 0 unspecified atom stereocenters. The molecule has 1 N–H and O–H groups in total. The first-order valence-electron chi connectivity index (χ1n) is 10.6. The first-order chi connectivity index (χ1) is 14.9. The Balaban J connectivity index is 1.92. The van der Waals surface area contributed by atoms with Crippen molar-refractivity contribution in [3.8, 4) is 5.75 Å². The van der Waals surface area contributed by atoms with Crippen LogP contribution in [-0.2, 0) is 14.3 Å². The molecule has 0 saturated heterocycles. The molecule has 0 aliphatic carbocycles. The van der Waals surface area contributed by atoms with E-state index in [1.807, 2.05) is 55.5 Å². The van der Waals surface area contributed by atoms with Crippen LogP contribution < -0.4 is 10.1 Å². The number of imide groups is 1. The van der Waals surface area contributed by atoms with Crippen molar-refractivity contribution in [1.82, 2.24) is 4.90 Å². The molecule has 0 aromatic heterocycles. The van der Waals surface area contributed by atoms with Gasteiger partial charge < -0.3 is 14.8 Å². The first-order valence-corrected chi connectivity index (χ1v) is 10.6. The van der Waals surface area contributed by atoms with Crippen LogP contribution >= 0.6 is 0 Å². The van der Waals surface area contributed by atoms with E-state index in [1.54, 1.807) is 7.11 Å². The van der Waals surface area contributed by atoms with Crippen molar-refractivity contribution in [2.75, 3.05) is 32.2 Å². The average Bonchev–Trinajstić information content (AvgIpc) is 2.97. The van der Waals surface area contributed by atoms with Crippen molar-refractivity contribution in [3.05, 3.63) is 65.4 Å². The number of hydrogen-bond donors (Lipinski definition) is 1. The zero-order valence-corrected chi connectivity index (χ0v) is 18.6. The average molecular weight is 423 g/mol. The summed E-state index contributed by atoms with van der Waals surface area (Å²) in [6, 6.07) is 15.0. The van der Waals surface area contributed by atoms with Gasteiger partial charge in [-0.2, -0.15) is 0 Å². The molecule has 1 aliphatic heterocycles. The number of aryl methyl sites for hydroxylation is 1. The van der Waals surface area contributed by atoms with Crippen molar-refractivity contribution in [2.24, 2.45) is 5.92 Å². The Hall–Kier alpha value is -3.12. The standard InChI is InChI=1S/C25H30N2O4/c1-17(2)16-31-21-11-9-19(10-12-21)22-23(26-20-8-5-7-18(3)15-20)25(29)27(24(22)28)13-6-14-30-4/h5,7-12,15,17,26H,6,13-14,16H2,1-4H3. The molecule has 0 radical (unpaired) electrons. The first kappa shape index (κ1) is 22.6. The number of benzene rings is 2. The van der Waals surface area contributed by atoms with Crippen molar-refractivity contribution in [2.45, 2.75) is 27.2 Å². The van der Waals surface area contributed by atoms with E-state index in [0.29, 0.717) is 48.9 Å². The number of carbonyl (C=O) groups excluding carboxylic acids is 2. The van der Waals surface area contributed by atoms with Gasteiger partial charge in [0.1, 0.15) is 11.4 Å². The van der Waals surface area contributed by atoms with Crippen LogP contribution in [0.5, 0.6) is 5.75 Å². The van der Waals surface area contributed by atoms with Crippen LogP contribution in [0.4, 0.5) is 5.69 Å². The number of methoxy groups -OCH3 is 1. The maximum Gasteiger partial charge on any atom is 0.278 e. The van der Waals surface area contributed by atoms with Crippen LogP contribution in [0.25, 0.3) is 5.57 Å². The normalized spacial score (nSPS) is 14.0. The Bertz CT molecular complexity index is 964. The molecule has 3 rings (SSSR count). The van der Waals surface area contributed by atoms with Gasteiger partial charge in [0.2, 0.25) is 0 Å². The van der Waals surface area contributed by atoms with Crippen molar-refractivity contribution in [3.63, 3.8) is 0 Å². The maximum atomic E-state index is 13.2. The Kier molecular flexibility index (Phi) is 7.47. The van der Waals surface area contributed by atoms with Crippen molar-refractivity contribution >= 4 is 23.1 Å². The third-order valence-electron chi connectivity index (χ3n) is 4.91. The van der Waals surface area contributed by atoms with Gasteiger partial charge in [-0.15, -0.1) is 0 Å². The monoisotopic (exact) mass is 422 g/mol.